The largest absolute Gasteiger partial charge is 0.323 e. The SMILES string of the molecule is Cc1cc(Br)c(NC(=O)CSc2nc3ncccn3n2)c(Br)c1. The number of halogens is 2. The molecule has 0 spiro atoms. The van der Waals surface area contributed by atoms with Gasteiger partial charge in [-0.3, -0.25) is 4.79 Å². The van der Waals surface area contributed by atoms with Gasteiger partial charge in [0.25, 0.3) is 5.78 Å². The van der Waals surface area contributed by atoms with E-state index in [-0.39, 0.29) is 11.7 Å². The fourth-order valence-electron chi connectivity index (χ4n) is 1.90. The molecule has 1 amide bonds. The van der Waals surface area contributed by atoms with Gasteiger partial charge in [0.1, 0.15) is 0 Å². The Hall–Kier alpha value is -1.45. The first-order valence-electron chi connectivity index (χ1n) is 6.58. The molecule has 1 N–H and O–H groups in total. The van der Waals surface area contributed by atoms with Crippen molar-refractivity contribution in [1.82, 2.24) is 19.6 Å². The van der Waals surface area contributed by atoms with Crippen LogP contribution in [0.1, 0.15) is 5.56 Å². The Bertz CT molecular complexity index is 826. The van der Waals surface area contributed by atoms with E-state index in [0.29, 0.717) is 16.6 Å². The third kappa shape index (κ3) is 3.91. The van der Waals surface area contributed by atoms with Gasteiger partial charge in [0.05, 0.1) is 11.4 Å². The van der Waals surface area contributed by atoms with Gasteiger partial charge in [0, 0.05) is 21.3 Å². The van der Waals surface area contributed by atoms with Crippen molar-refractivity contribution in [2.24, 2.45) is 0 Å². The first kappa shape index (κ1) is 16.4. The van der Waals surface area contributed by atoms with Crippen LogP contribution in [0.5, 0.6) is 0 Å². The van der Waals surface area contributed by atoms with Gasteiger partial charge in [0.2, 0.25) is 11.1 Å². The zero-order valence-electron chi connectivity index (χ0n) is 12.0. The van der Waals surface area contributed by atoms with Crippen LogP contribution in [0.3, 0.4) is 0 Å². The molecule has 0 saturated carbocycles. The number of rotatable bonds is 4. The molecule has 0 aliphatic carbocycles. The fourth-order valence-corrected chi connectivity index (χ4v) is 4.14. The lowest BCUT2D eigenvalue weighted by Crippen LogP contribution is -2.15. The van der Waals surface area contributed by atoms with Crippen LogP contribution in [-0.4, -0.2) is 31.2 Å². The molecule has 0 bridgehead atoms. The smallest absolute Gasteiger partial charge is 0.253 e. The molecule has 0 radical (unpaired) electrons. The lowest BCUT2D eigenvalue weighted by atomic mass is 10.2. The van der Waals surface area contributed by atoms with E-state index in [9.17, 15) is 4.79 Å². The molecule has 9 heteroatoms. The standard InChI is InChI=1S/C14H11Br2N5OS/c1-8-5-9(15)12(10(16)6-8)18-11(22)7-23-14-19-13-17-3-2-4-21(13)20-14/h2-6H,7H2,1H3,(H,18,22). The second-order valence-corrected chi connectivity index (χ2v) is 7.35. The van der Waals surface area contributed by atoms with E-state index in [1.54, 1.807) is 23.0 Å². The van der Waals surface area contributed by atoms with Crippen LogP contribution in [0, 0.1) is 6.92 Å². The third-order valence-electron chi connectivity index (χ3n) is 2.88. The lowest BCUT2D eigenvalue weighted by molar-refractivity contribution is -0.113. The maximum atomic E-state index is 12.1. The molecule has 0 fully saturated rings. The predicted octanol–water partition coefficient (Wildman–Crippen LogP) is 3.69. The molecule has 2 heterocycles. The summed E-state index contributed by atoms with van der Waals surface area (Å²) in [5.74, 6) is 0.593. The number of carbonyl (C=O) groups excluding carboxylic acids is 1. The van der Waals surface area contributed by atoms with Crippen molar-refractivity contribution >= 4 is 61.0 Å². The number of anilines is 1. The van der Waals surface area contributed by atoms with Crippen LogP contribution in [0.4, 0.5) is 5.69 Å². The van der Waals surface area contributed by atoms with Crippen molar-refractivity contribution < 1.29 is 4.79 Å². The Kier molecular flexibility index (Phi) is 4.98. The molecule has 0 aliphatic rings. The number of fused-ring (bicyclic) bond motifs is 1. The van der Waals surface area contributed by atoms with Gasteiger partial charge in [-0.15, -0.1) is 5.10 Å². The molecule has 3 rings (SSSR count). The predicted molar refractivity (Wildman–Crippen MR) is 96.7 cm³/mol. The Morgan fingerprint density at radius 3 is 2.78 bits per heavy atom. The molecule has 6 nitrogen and oxygen atoms in total. The van der Waals surface area contributed by atoms with Crippen molar-refractivity contribution in [3.63, 3.8) is 0 Å². The Balaban J connectivity index is 1.66. The van der Waals surface area contributed by atoms with Gasteiger partial charge in [-0.05, 0) is 62.5 Å². The number of carbonyl (C=O) groups is 1. The average Bonchev–Trinajstić information content (AvgIpc) is 2.91. The second-order valence-electron chi connectivity index (χ2n) is 4.70. The number of hydrogen-bond donors (Lipinski definition) is 1. The first-order valence-corrected chi connectivity index (χ1v) is 9.16. The van der Waals surface area contributed by atoms with E-state index >= 15 is 0 Å². The maximum absolute atomic E-state index is 12.1. The summed E-state index contributed by atoms with van der Waals surface area (Å²) in [6, 6.07) is 5.67. The number of hydrogen-bond acceptors (Lipinski definition) is 5. The Morgan fingerprint density at radius 1 is 1.35 bits per heavy atom. The molecule has 2 aromatic heterocycles. The summed E-state index contributed by atoms with van der Waals surface area (Å²) >= 11 is 8.18. The zero-order chi connectivity index (χ0) is 16.4. The highest BCUT2D eigenvalue weighted by Gasteiger charge is 2.12. The maximum Gasteiger partial charge on any atom is 0.253 e. The lowest BCUT2D eigenvalue weighted by Gasteiger charge is -2.10. The Morgan fingerprint density at radius 2 is 2.09 bits per heavy atom. The molecule has 0 unspecified atom stereocenters. The number of thioether (sulfide) groups is 1. The monoisotopic (exact) mass is 455 g/mol. The molecule has 0 atom stereocenters. The Labute approximate surface area is 153 Å². The highest BCUT2D eigenvalue weighted by atomic mass is 79.9. The van der Waals surface area contributed by atoms with Crippen molar-refractivity contribution in [3.05, 3.63) is 45.1 Å². The molecule has 0 aliphatic heterocycles. The molecule has 1 aromatic carbocycles. The molecular formula is C14H11Br2N5OS. The summed E-state index contributed by atoms with van der Waals surface area (Å²) in [5, 5.41) is 7.64. The van der Waals surface area contributed by atoms with Crippen molar-refractivity contribution in [3.8, 4) is 0 Å². The number of aromatic nitrogens is 4. The minimum atomic E-state index is -0.132. The van der Waals surface area contributed by atoms with Crippen molar-refractivity contribution in [1.29, 1.82) is 0 Å². The highest BCUT2D eigenvalue weighted by molar-refractivity contribution is 9.11. The number of amides is 1. The summed E-state index contributed by atoms with van der Waals surface area (Å²) < 4.78 is 3.24. The van der Waals surface area contributed by atoms with E-state index in [4.69, 9.17) is 0 Å². The van der Waals surface area contributed by atoms with Crippen molar-refractivity contribution in [2.75, 3.05) is 11.1 Å². The van der Waals surface area contributed by atoms with Gasteiger partial charge < -0.3 is 5.32 Å². The van der Waals surface area contributed by atoms with Crippen LogP contribution < -0.4 is 5.32 Å². The van der Waals surface area contributed by atoms with Gasteiger partial charge in [-0.2, -0.15) is 4.98 Å². The number of nitrogens with one attached hydrogen (secondary N) is 1. The minimum Gasteiger partial charge on any atom is -0.323 e. The molecule has 0 saturated heterocycles. The summed E-state index contributed by atoms with van der Waals surface area (Å²) in [4.78, 5) is 20.5. The molecule has 118 valence electrons. The van der Waals surface area contributed by atoms with Crippen LogP contribution in [0.25, 0.3) is 5.78 Å². The summed E-state index contributed by atoms with van der Waals surface area (Å²) in [5.41, 5.74) is 1.81. The van der Waals surface area contributed by atoms with Crippen molar-refractivity contribution in [2.45, 2.75) is 12.1 Å². The third-order valence-corrected chi connectivity index (χ3v) is 4.97. The van der Waals surface area contributed by atoms with Crippen LogP contribution in [0.2, 0.25) is 0 Å². The van der Waals surface area contributed by atoms with Crippen LogP contribution in [0.15, 0.2) is 44.7 Å². The number of benzene rings is 1. The van der Waals surface area contributed by atoms with E-state index < -0.39 is 0 Å². The first-order chi connectivity index (χ1) is 11.0. The zero-order valence-corrected chi connectivity index (χ0v) is 15.9. The quantitative estimate of drug-likeness (QED) is 0.606. The molecular weight excluding hydrogens is 446 g/mol. The average molecular weight is 457 g/mol. The van der Waals surface area contributed by atoms with Gasteiger partial charge in [-0.25, -0.2) is 9.50 Å². The summed E-state index contributed by atoms with van der Waals surface area (Å²) in [6.45, 7) is 1.99. The summed E-state index contributed by atoms with van der Waals surface area (Å²) in [7, 11) is 0. The fraction of sp³-hybridized carbons (Fsp3) is 0.143. The second kappa shape index (κ2) is 6.98. The summed E-state index contributed by atoms with van der Waals surface area (Å²) in [6.07, 6.45) is 3.41. The van der Waals surface area contributed by atoms with Crippen LogP contribution in [-0.2, 0) is 4.79 Å². The van der Waals surface area contributed by atoms with Gasteiger partial charge in [0.15, 0.2) is 0 Å². The number of nitrogens with zero attached hydrogens (tertiary/aromatic N) is 4. The van der Waals surface area contributed by atoms with Gasteiger partial charge in [-0.1, -0.05) is 11.8 Å². The van der Waals surface area contributed by atoms with E-state index in [1.807, 2.05) is 19.1 Å². The molecule has 23 heavy (non-hydrogen) atoms. The van der Waals surface area contributed by atoms with E-state index in [1.165, 1.54) is 11.8 Å². The van der Waals surface area contributed by atoms with Crippen LogP contribution >= 0.6 is 43.6 Å². The van der Waals surface area contributed by atoms with E-state index in [0.717, 1.165) is 14.5 Å². The van der Waals surface area contributed by atoms with E-state index in [2.05, 4.69) is 52.2 Å². The minimum absolute atomic E-state index is 0.132. The highest BCUT2D eigenvalue weighted by Crippen LogP contribution is 2.32. The number of aryl methyl sites for hydroxylation is 1. The normalized spacial score (nSPS) is 10.9. The topological polar surface area (TPSA) is 72.2 Å². The van der Waals surface area contributed by atoms with Gasteiger partial charge >= 0.3 is 0 Å². The molecule has 3 aromatic rings.